The Bertz CT molecular complexity index is 843. The largest absolute Gasteiger partial charge is 0.324 e. The number of hydrogen-bond donors (Lipinski definition) is 2. The molecule has 2 aromatic carbocycles. The summed E-state index contributed by atoms with van der Waals surface area (Å²) in [6.07, 6.45) is 1.62. The molecule has 0 unspecified atom stereocenters. The second-order valence-corrected chi connectivity index (χ2v) is 7.60. The molecule has 0 aliphatic heterocycles. The van der Waals surface area contributed by atoms with E-state index in [1.165, 1.54) is 0 Å². The van der Waals surface area contributed by atoms with Gasteiger partial charge in [-0.3, -0.25) is 4.79 Å². The quantitative estimate of drug-likeness (QED) is 0.797. The fourth-order valence-corrected chi connectivity index (χ4v) is 3.52. The van der Waals surface area contributed by atoms with Crippen LogP contribution in [-0.2, 0) is 27.7 Å². The normalized spacial score (nSPS) is 11.3. The fraction of sp³-hybridized carbons (Fsp3) is 0.316. The van der Waals surface area contributed by atoms with Crippen molar-refractivity contribution in [1.82, 2.24) is 4.72 Å². The first-order valence-corrected chi connectivity index (χ1v) is 9.82. The monoisotopic (exact) mass is 360 g/mol. The maximum Gasteiger partial charge on any atom is 0.241 e. The summed E-state index contributed by atoms with van der Waals surface area (Å²) in [4.78, 5) is 12.3. The molecule has 1 amide bonds. The Kier molecular flexibility index (Phi) is 6.33. The van der Waals surface area contributed by atoms with E-state index >= 15 is 0 Å². The lowest BCUT2D eigenvalue weighted by atomic mass is 10.1. The summed E-state index contributed by atoms with van der Waals surface area (Å²) < 4.78 is 26.9. The molecular weight excluding hydrogens is 336 g/mol. The predicted octanol–water partition coefficient (Wildman–Crippen LogP) is 3.04. The van der Waals surface area contributed by atoms with Crippen LogP contribution in [0.25, 0.3) is 0 Å². The summed E-state index contributed by atoms with van der Waals surface area (Å²) in [5.74, 6) is -0.391. The third-order valence-electron chi connectivity index (χ3n) is 4.07. The van der Waals surface area contributed by atoms with Crippen molar-refractivity contribution in [1.29, 1.82) is 0 Å². The number of carbonyl (C=O) groups is 1. The summed E-state index contributed by atoms with van der Waals surface area (Å²) in [7, 11) is -3.71. The lowest BCUT2D eigenvalue weighted by molar-refractivity contribution is -0.115. The third-order valence-corrected chi connectivity index (χ3v) is 5.49. The van der Waals surface area contributed by atoms with E-state index in [0.29, 0.717) is 0 Å². The van der Waals surface area contributed by atoms with Crippen molar-refractivity contribution in [2.45, 2.75) is 38.5 Å². The maximum absolute atomic E-state index is 12.3. The average Bonchev–Trinajstić information content (AvgIpc) is 2.62. The van der Waals surface area contributed by atoms with Gasteiger partial charge in [0.25, 0.3) is 0 Å². The lowest BCUT2D eigenvalue weighted by Gasteiger charge is -2.13. The first kappa shape index (κ1) is 19.1. The Labute approximate surface area is 149 Å². The van der Waals surface area contributed by atoms with Crippen LogP contribution < -0.4 is 10.0 Å². The Hall–Kier alpha value is -2.18. The second-order valence-electron chi connectivity index (χ2n) is 5.83. The Morgan fingerprint density at radius 2 is 1.68 bits per heavy atom. The van der Waals surface area contributed by atoms with Crippen molar-refractivity contribution in [2.24, 2.45) is 0 Å². The van der Waals surface area contributed by atoms with Crippen molar-refractivity contribution >= 4 is 21.6 Å². The summed E-state index contributed by atoms with van der Waals surface area (Å²) >= 11 is 0. The molecule has 5 nitrogen and oxygen atoms in total. The molecule has 0 radical (unpaired) electrons. The highest BCUT2D eigenvalue weighted by Crippen LogP contribution is 2.20. The Morgan fingerprint density at radius 3 is 2.28 bits per heavy atom. The molecule has 0 bridgehead atoms. The maximum atomic E-state index is 12.3. The van der Waals surface area contributed by atoms with Crippen molar-refractivity contribution in [3.05, 3.63) is 59.2 Å². The minimum Gasteiger partial charge on any atom is -0.324 e. The number of hydrogen-bond acceptors (Lipinski definition) is 3. The number of carbonyl (C=O) groups excluding carboxylic acids is 1. The van der Waals surface area contributed by atoms with Gasteiger partial charge in [-0.05, 0) is 48.6 Å². The highest BCUT2D eigenvalue weighted by molar-refractivity contribution is 7.89. The molecular formula is C19H24N2O3S. The highest BCUT2D eigenvalue weighted by atomic mass is 32.2. The SMILES string of the molecule is CCc1ccc(S(=O)(=O)NCC(=O)Nc2c(C)cccc2CC)cc1. The minimum absolute atomic E-state index is 0.155. The Balaban J connectivity index is 2.04. The zero-order valence-electron chi connectivity index (χ0n) is 14.8. The van der Waals surface area contributed by atoms with Gasteiger partial charge in [-0.15, -0.1) is 0 Å². The van der Waals surface area contributed by atoms with Gasteiger partial charge >= 0.3 is 0 Å². The van der Waals surface area contributed by atoms with Crippen LogP contribution in [0.5, 0.6) is 0 Å². The van der Waals surface area contributed by atoms with Gasteiger partial charge in [-0.25, -0.2) is 13.1 Å². The van der Waals surface area contributed by atoms with E-state index in [4.69, 9.17) is 0 Å². The first-order valence-electron chi connectivity index (χ1n) is 8.34. The fourth-order valence-electron chi connectivity index (χ4n) is 2.53. The number of para-hydroxylation sites is 1. The number of sulfonamides is 1. The van der Waals surface area contributed by atoms with Gasteiger partial charge in [0, 0.05) is 5.69 Å². The molecule has 0 aromatic heterocycles. The zero-order valence-corrected chi connectivity index (χ0v) is 15.6. The van der Waals surface area contributed by atoms with Crippen molar-refractivity contribution < 1.29 is 13.2 Å². The van der Waals surface area contributed by atoms with Crippen LogP contribution in [0.1, 0.15) is 30.5 Å². The van der Waals surface area contributed by atoms with Crippen LogP contribution in [-0.4, -0.2) is 20.9 Å². The number of rotatable bonds is 7. The van der Waals surface area contributed by atoms with E-state index in [0.717, 1.165) is 35.2 Å². The summed E-state index contributed by atoms with van der Waals surface area (Å²) in [6, 6.07) is 12.4. The van der Waals surface area contributed by atoms with E-state index in [1.807, 2.05) is 39.0 Å². The topological polar surface area (TPSA) is 75.3 Å². The minimum atomic E-state index is -3.71. The van der Waals surface area contributed by atoms with Crippen LogP contribution in [0.15, 0.2) is 47.4 Å². The van der Waals surface area contributed by atoms with Crippen molar-refractivity contribution in [2.75, 3.05) is 11.9 Å². The second kappa shape index (κ2) is 8.27. The van der Waals surface area contributed by atoms with E-state index in [2.05, 4.69) is 10.0 Å². The number of nitrogens with one attached hydrogen (secondary N) is 2. The molecule has 2 N–H and O–H groups in total. The van der Waals surface area contributed by atoms with Crippen molar-refractivity contribution in [3.63, 3.8) is 0 Å². The van der Waals surface area contributed by atoms with E-state index in [1.54, 1.807) is 24.3 Å². The zero-order chi connectivity index (χ0) is 18.4. The summed E-state index contributed by atoms with van der Waals surface area (Å²) in [5.41, 5.74) is 3.78. The van der Waals surface area contributed by atoms with Crippen molar-refractivity contribution in [3.8, 4) is 0 Å². The summed E-state index contributed by atoms with van der Waals surface area (Å²) in [6.45, 7) is 5.61. The van der Waals surface area contributed by atoms with Crippen LogP contribution >= 0.6 is 0 Å². The molecule has 0 saturated carbocycles. The molecule has 0 atom stereocenters. The van der Waals surface area contributed by atoms with Gasteiger partial charge in [0.2, 0.25) is 15.9 Å². The number of aryl methyl sites for hydroxylation is 3. The Morgan fingerprint density at radius 1 is 1.00 bits per heavy atom. The third kappa shape index (κ3) is 4.90. The van der Waals surface area contributed by atoms with Crippen LogP contribution in [0.3, 0.4) is 0 Å². The molecule has 6 heteroatoms. The summed E-state index contributed by atoms with van der Waals surface area (Å²) in [5, 5.41) is 2.81. The molecule has 0 aliphatic rings. The molecule has 0 heterocycles. The molecule has 0 saturated heterocycles. The number of benzene rings is 2. The smallest absolute Gasteiger partial charge is 0.241 e. The first-order chi connectivity index (χ1) is 11.9. The molecule has 25 heavy (non-hydrogen) atoms. The van der Waals surface area contributed by atoms with Gasteiger partial charge in [-0.1, -0.05) is 44.2 Å². The lowest BCUT2D eigenvalue weighted by Crippen LogP contribution is -2.33. The number of anilines is 1. The van der Waals surface area contributed by atoms with E-state index < -0.39 is 15.9 Å². The number of amides is 1. The molecule has 0 fully saturated rings. The van der Waals surface area contributed by atoms with Gasteiger partial charge in [0.05, 0.1) is 11.4 Å². The van der Waals surface area contributed by atoms with Crippen LogP contribution in [0.2, 0.25) is 0 Å². The molecule has 0 aliphatic carbocycles. The van der Waals surface area contributed by atoms with Gasteiger partial charge in [0.1, 0.15) is 0 Å². The van der Waals surface area contributed by atoms with Crippen LogP contribution in [0, 0.1) is 6.92 Å². The standard InChI is InChI=1S/C19H24N2O3S/c1-4-15-9-11-17(12-10-15)25(23,24)20-13-18(22)21-19-14(3)7-6-8-16(19)5-2/h6-12,20H,4-5,13H2,1-3H3,(H,21,22). The molecule has 2 aromatic rings. The predicted molar refractivity (Wildman–Crippen MR) is 100 cm³/mol. The molecule has 134 valence electrons. The van der Waals surface area contributed by atoms with Crippen LogP contribution in [0.4, 0.5) is 5.69 Å². The molecule has 0 spiro atoms. The molecule has 2 rings (SSSR count). The van der Waals surface area contributed by atoms with Gasteiger partial charge in [-0.2, -0.15) is 0 Å². The van der Waals surface area contributed by atoms with E-state index in [-0.39, 0.29) is 11.4 Å². The van der Waals surface area contributed by atoms with Gasteiger partial charge in [0.15, 0.2) is 0 Å². The van der Waals surface area contributed by atoms with E-state index in [9.17, 15) is 13.2 Å². The average molecular weight is 360 g/mol. The van der Waals surface area contributed by atoms with Gasteiger partial charge < -0.3 is 5.32 Å². The highest BCUT2D eigenvalue weighted by Gasteiger charge is 2.16.